The number of benzene rings is 4. The van der Waals surface area contributed by atoms with Gasteiger partial charge in [0.1, 0.15) is 0 Å². The van der Waals surface area contributed by atoms with E-state index in [1.54, 1.807) is 0 Å². The molecule has 35 heavy (non-hydrogen) atoms. The van der Waals surface area contributed by atoms with Crippen molar-refractivity contribution in [3.8, 4) is 0 Å². The zero-order valence-corrected chi connectivity index (χ0v) is 22.1. The number of nitrogens with one attached hydrogen (secondary N) is 1. The molecule has 0 aliphatic carbocycles. The minimum Gasteiger partial charge on any atom is -0.355 e. The topological polar surface area (TPSA) is 12.0 Å². The second kappa shape index (κ2) is 10.1. The monoisotopic (exact) mass is 461 g/mol. The lowest BCUT2D eigenvalue weighted by Gasteiger charge is -2.29. The first-order chi connectivity index (χ1) is 16.7. The Kier molecular flexibility index (Phi) is 7.17. The number of hydrogen-bond acceptors (Lipinski definition) is 1. The van der Waals surface area contributed by atoms with E-state index in [0.29, 0.717) is 5.92 Å². The third kappa shape index (κ3) is 5.20. The Hall–Kier alpha value is -3.32. The highest BCUT2D eigenvalue weighted by molar-refractivity contribution is 5.66. The van der Waals surface area contributed by atoms with Crippen LogP contribution in [0.2, 0.25) is 0 Å². The fraction of sp³-hybridized carbons (Fsp3) is 0.294. The largest absolute Gasteiger partial charge is 0.355 e. The van der Waals surface area contributed by atoms with E-state index in [9.17, 15) is 0 Å². The van der Waals surface area contributed by atoms with E-state index in [-0.39, 0.29) is 10.8 Å². The van der Waals surface area contributed by atoms with Gasteiger partial charge in [-0.05, 0) is 58.4 Å². The zero-order chi connectivity index (χ0) is 25.1. The Morgan fingerprint density at radius 1 is 0.600 bits per heavy atom. The highest BCUT2D eigenvalue weighted by Crippen LogP contribution is 2.38. The Morgan fingerprint density at radius 2 is 1.06 bits per heavy atom. The van der Waals surface area contributed by atoms with Gasteiger partial charge in [0.15, 0.2) is 0 Å². The van der Waals surface area contributed by atoms with Gasteiger partial charge >= 0.3 is 0 Å². The molecule has 0 spiro atoms. The van der Waals surface area contributed by atoms with E-state index < -0.39 is 0 Å². The van der Waals surface area contributed by atoms with Gasteiger partial charge in [0.2, 0.25) is 0 Å². The third-order valence-electron chi connectivity index (χ3n) is 7.79. The summed E-state index contributed by atoms with van der Waals surface area (Å²) in [5, 5.41) is 3.72. The lowest BCUT2D eigenvalue weighted by molar-refractivity contribution is 0.636. The molecule has 0 amide bonds. The Morgan fingerprint density at radius 3 is 1.57 bits per heavy atom. The minimum absolute atomic E-state index is 0.0354. The average molecular weight is 462 g/mol. The first-order valence-electron chi connectivity index (χ1n) is 12.9. The molecule has 4 aromatic rings. The molecule has 0 aliphatic heterocycles. The summed E-state index contributed by atoms with van der Waals surface area (Å²) in [5.41, 5.74) is 8.95. The van der Waals surface area contributed by atoms with Crippen LogP contribution in [0.25, 0.3) is 0 Å². The average Bonchev–Trinajstić information content (AvgIpc) is 2.89. The molecular formula is C34H39N. The van der Waals surface area contributed by atoms with Crippen molar-refractivity contribution in [2.24, 2.45) is 0 Å². The van der Waals surface area contributed by atoms with Crippen LogP contribution in [0.5, 0.6) is 0 Å². The molecule has 0 aliphatic rings. The summed E-state index contributed by atoms with van der Waals surface area (Å²) < 4.78 is 0. The molecule has 0 saturated carbocycles. The van der Waals surface area contributed by atoms with Gasteiger partial charge in [0.05, 0.1) is 0 Å². The highest BCUT2D eigenvalue weighted by atomic mass is 14.9. The normalized spacial score (nSPS) is 12.9. The maximum atomic E-state index is 3.72. The van der Waals surface area contributed by atoms with Crippen molar-refractivity contribution in [2.75, 3.05) is 5.32 Å². The molecule has 0 aromatic heterocycles. The van der Waals surface area contributed by atoms with Gasteiger partial charge < -0.3 is 5.32 Å². The van der Waals surface area contributed by atoms with Crippen molar-refractivity contribution in [3.05, 3.63) is 131 Å². The van der Waals surface area contributed by atoms with E-state index >= 15 is 0 Å². The van der Waals surface area contributed by atoms with Gasteiger partial charge in [0, 0.05) is 22.2 Å². The van der Waals surface area contributed by atoms with Gasteiger partial charge in [-0.25, -0.2) is 0 Å². The van der Waals surface area contributed by atoms with Crippen molar-refractivity contribution < 1.29 is 0 Å². The van der Waals surface area contributed by atoms with Crippen LogP contribution >= 0.6 is 0 Å². The first kappa shape index (κ1) is 24.8. The lowest BCUT2D eigenvalue weighted by Crippen LogP contribution is -2.19. The standard InChI is InChI=1S/C34H39N/c1-7-25(2)31-24-29(34(5,6)27-16-12-9-13-17-27)20-23-32(31)35-30-21-18-28(19-22-30)33(3,4)26-14-10-8-11-15-26/h8-25,35H,7H2,1-6H3. The quantitative estimate of drug-likeness (QED) is 0.275. The van der Waals surface area contributed by atoms with Crippen molar-refractivity contribution >= 4 is 11.4 Å². The molecule has 0 fully saturated rings. The number of anilines is 2. The summed E-state index contributed by atoms with van der Waals surface area (Å²) in [6.45, 7) is 13.8. The zero-order valence-electron chi connectivity index (χ0n) is 22.1. The van der Waals surface area contributed by atoms with E-state index in [2.05, 4.69) is 150 Å². The van der Waals surface area contributed by atoms with Crippen LogP contribution in [0, 0.1) is 0 Å². The van der Waals surface area contributed by atoms with Crippen LogP contribution in [-0.4, -0.2) is 0 Å². The first-order valence-corrected chi connectivity index (χ1v) is 12.9. The highest BCUT2D eigenvalue weighted by Gasteiger charge is 2.25. The molecule has 1 N–H and O–H groups in total. The van der Waals surface area contributed by atoms with Crippen molar-refractivity contribution in [1.82, 2.24) is 0 Å². The van der Waals surface area contributed by atoms with E-state index in [0.717, 1.165) is 12.1 Å². The Labute approximate surface area is 212 Å². The molecule has 0 radical (unpaired) electrons. The van der Waals surface area contributed by atoms with Gasteiger partial charge in [-0.1, -0.05) is 126 Å². The maximum absolute atomic E-state index is 3.72. The molecule has 0 heterocycles. The predicted octanol–water partition coefficient (Wildman–Crippen LogP) is 9.60. The lowest BCUT2D eigenvalue weighted by atomic mass is 9.76. The van der Waals surface area contributed by atoms with Crippen LogP contribution in [0.3, 0.4) is 0 Å². The van der Waals surface area contributed by atoms with Crippen LogP contribution < -0.4 is 5.32 Å². The van der Waals surface area contributed by atoms with Gasteiger partial charge in [0.25, 0.3) is 0 Å². The summed E-state index contributed by atoms with van der Waals surface area (Å²) in [5.74, 6) is 0.473. The van der Waals surface area contributed by atoms with Crippen molar-refractivity contribution in [1.29, 1.82) is 0 Å². The SMILES string of the molecule is CCC(C)c1cc(C(C)(C)c2ccccc2)ccc1Nc1ccc(C(C)(C)c2ccccc2)cc1. The van der Waals surface area contributed by atoms with Crippen LogP contribution in [-0.2, 0) is 10.8 Å². The van der Waals surface area contributed by atoms with Crippen LogP contribution in [0.4, 0.5) is 11.4 Å². The van der Waals surface area contributed by atoms with Crippen LogP contribution in [0.15, 0.2) is 103 Å². The summed E-state index contributed by atoms with van der Waals surface area (Å²) >= 11 is 0. The summed E-state index contributed by atoms with van der Waals surface area (Å²) in [6.07, 6.45) is 1.11. The molecule has 1 nitrogen and oxygen atoms in total. The van der Waals surface area contributed by atoms with Gasteiger partial charge in [-0.3, -0.25) is 0 Å². The molecular weight excluding hydrogens is 422 g/mol. The second-order valence-corrected chi connectivity index (χ2v) is 10.8. The summed E-state index contributed by atoms with van der Waals surface area (Å²) in [6, 6.07) is 37.4. The summed E-state index contributed by atoms with van der Waals surface area (Å²) in [4.78, 5) is 0. The molecule has 0 bridgehead atoms. The second-order valence-electron chi connectivity index (χ2n) is 10.8. The molecule has 1 heteroatoms. The van der Waals surface area contributed by atoms with Gasteiger partial charge in [-0.2, -0.15) is 0 Å². The Bertz CT molecular complexity index is 1240. The molecule has 4 rings (SSSR count). The molecule has 1 atom stereocenters. The fourth-order valence-electron chi connectivity index (χ4n) is 4.86. The van der Waals surface area contributed by atoms with E-state index in [1.807, 2.05) is 0 Å². The van der Waals surface area contributed by atoms with E-state index in [4.69, 9.17) is 0 Å². The van der Waals surface area contributed by atoms with Gasteiger partial charge in [-0.15, -0.1) is 0 Å². The number of hydrogen-bond donors (Lipinski definition) is 1. The van der Waals surface area contributed by atoms with Crippen molar-refractivity contribution in [3.63, 3.8) is 0 Å². The Balaban J connectivity index is 1.63. The fourth-order valence-corrected chi connectivity index (χ4v) is 4.86. The number of rotatable bonds is 8. The molecule has 1 unspecified atom stereocenters. The third-order valence-corrected chi connectivity index (χ3v) is 7.79. The van der Waals surface area contributed by atoms with Crippen molar-refractivity contribution in [2.45, 2.75) is 64.7 Å². The van der Waals surface area contributed by atoms with E-state index in [1.165, 1.54) is 33.5 Å². The predicted molar refractivity (Wildman–Crippen MR) is 152 cm³/mol. The minimum atomic E-state index is -0.0489. The molecule has 4 aromatic carbocycles. The smallest absolute Gasteiger partial charge is 0.0419 e. The summed E-state index contributed by atoms with van der Waals surface area (Å²) in [7, 11) is 0. The maximum Gasteiger partial charge on any atom is 0.0419 e. The van der Waals surface area contributed by atoms with Crippen LogP contribution in [0.1, 0.15) is 81.7 Å². The molecule has 180 valence electrons. The molecule has 0 saturated heterocycles.